The summed E-state index contributed by atoms with van der Waals surface area (Å²) < 4.78 is 11.1. The van der Waals surface area contributed by atoms with E-state index in [9.17, 15) is 30.3 Å². The lowest BCUT2D eigenvalue weighted by Crippen LogP contribution is -2.60. The monoisotopic (exact) mass is 702 g/mol. The highest BCUT2D eigenvalue weighted by Gasteiger charge is 2.44. The molecule has 0 aromatic heterocycles. The Morgan fingerprint density at radius 3 is 1.45 bits per heavy atom. The van der Waals surface area contributed by atoms with E-state index in [0.29, 0.717) is 12.8 Å². The summed E-state index contributed by atoms with van der Waals surface area (Å²) in [7, 11) is 0. The zero-order valence-electron chi connectivity index (χ0n) is 31.7. The maximum atomic E-state index is 12.6. The van der Waals surface area contributed by atoms with Gasteiger partial charge in [-0.1, -0.05) is 174 Å². The maximum absolute atomic E-state index is 12.6. The number of aliphatic hydroxyl groups is 5. The lowest BCUT2D eigenvalue weighted by molar-refractivity contribution is -0.302. The molecular formula is C40H79NO8. The molecule has 7 atom stereocenters. The van der Waals surface area contributed by atoms with Crippen molar-refractivity contribution in [3.05, 3.63) is 0 Å². The first-order chi connectivity index (χ1) is 23.8. The molecule has 1 aliphatic heterocycles. The topological polar surface area (TPSA) is 149 Å². The Bertz CT molecular complexity index is 741. The first-order valence-corrected chi connectivity index (χ1v) is 20.7. The summed E-state index contributed by atoms with van der Waals surface area (Å²) in [4.78, 5) is 12.6. The van der Waals surface area contributed by atoms with E-state index in [1.165, 1.54) is 128 Å². The van der Waals surface area contributed by atoms with E-state index in [0.717, 1.165) is 38.5 Å². The largest absolute Gasteiger partial charge is 0.394 e. The molecule has 0 aromatic rings. The summed E-state index contributed by atoms with van der Waals surface area (Å²) in [5.74, 6) is -0.167. The fourth-order valence-electron chi connectivity index (χ4n) is 6.81. The highest BCUT2D eigenvalue weighted by atomic mass is 16.7. The highest BCUT2D eigenvalue weighted by molar-refractivity contribution is 5.76. The van der Waals surface area contributed by atoms with Gasteiger partial charge in [0, 0.05) is 6.42 Å². The molecule has 292 valence electrons. The fraction of sp³-hybridized carbons (Fsp3) is 0.975. The van der Waals surface area contributed by atoms with Crippen LogP contribution in [-0.2, 0) is 14.3 Å². The van der Waals surface area contributed by atoms with E-state index in [-0.39, 0.29) is 12.5 Å². The molecule has 9 heteroatoms. The number of ether oxygens (including phenoxy) is 2. The fourth-order valence-corrected chi connectivity index (χ4v) is 6.81. The zero-order valence-corrected chi connectivity index (χ0v) is 31.7. The minimum absolute atomic E-state index is 0.136. The normalized spacial score (nSPS) is 22.3. The van der Waals surface area contributed by atoms with Gasteiger partial charge >= 0.3 is 0 Å². The summed E-state index contributed by atoms with van der Waals surface area (Å²) in [5, 5.41) is 53.7. The Morgan fingerprint density at radius 1 is 0.612 bits per heavy atom. The first-order valence-electron chi connectivity index (χ1n) is 20.7. The van der Waals surface area contributed by atoms with Crippen LogP contribution in [0.1, 0.15) is 194 Å². The van der Waals surface area contributed by atoms with Crippen molar-refractivity contribution in [2.24, 2.45) is 0 Å². The van der Waals surface area contributed by atoms with Gasteiger partial charge in [-0.2, -0.15) is 0 Å². The van der Waals surface area contributed by atoms with Gasteiger partial charge in [-0.25, -0.2) is 0 Å². The van der Waals surface area contributed by atoms with Gasteiger partial charge in [-0.15, -0.1) is 0 Å². The Morgan fingerprint density at radius 2 is 1.02 bits per heavy atom. The number of carbonyl (C=O) groups is 1. The molecule has 1 rings (SSSR count). The summed E-state index contributed by atoms with van der Waals surface area (Å²) in [6.45, 7) is 3.67. The van der Waals surface area contributed by atoms with Crippen LogP contribution < -0.4 is 5.32 Å². The number of unbranched alkanes of at least 4 members (excludes halogenated alkanes) is 24. The van der Waals surface area contributed by atoms with Crippen molar-refractivity contribution in [2.75, 3.05) is 13.2 Å². The van der Waals surface area contributed by atoms with Gasteiger partial charge in [0.2, 0.25) is 5.91 Å². The van der Waals surface area contributed by atoms with Crippen molar-refractivity contribution >= 4 is 5.91 Å². The van der Waals surface area contributed by atoms with Crippen LogP contribution in [0.3, 0.4) is 0 Å². The van der Waals surface area contributed by atoms with Crippen LogP contribution in [0, 0.1) is 0 Å². The Kier molecular flexibility index (Phi) is 30.1. The molecule has 0 bridgehead atoms. The van der Waals surface area contributed by atoms with Gasteiger partial charge < -0.3 is 40.3 Å². The summed E-state index contributed by atoms with van der Waals surface area (Å²) in [6.07, 6.45) is 26.4. The first kappa shape index (κ1) is 46.2. The van der Waals surface area contributed by atoms with Crippen LogP contribution >= 0.6 is 0 Å². The molecule has 0 saturated carbocycles. The summed E-state index contributed by atoms with van der Waals surface area (Å²) in [5.41, 5.74) is 0. The second-order valence-corrected chi connectivity index (χ2v) is 14.8. The third-order valence-corrected chi connectivity index (χ3v) is 10.2. The standard InChI is InChI=1S/C40H79NO8/c1-3-5-7-8-9-10-11-12-13-14-15-16-17-18-19-20-21-22-23-24-25-26-28-29-34(43)33(41-36(44)30-27-6-4-2)32-48-40-39(47)38(46)37(45)35(31-42)49-40/h33-35,37-40,42-43,45-47H,3-32H2,1-2H3,(H,41,44). The van der Waals surface area contributed by atoms with E-state index in [1.54, 1.807) is 0 Å². The van der Waals surface area contributed by atoms with E-state index >= 15 is 0 Å². The van der Waals surface area contributed by atoms with Crippen LogP contribution in [0.15, 0.2) is 0 Å². The molecule has 6 N–H and O–H groups in total. The predicted molar refractivity (Wildman–Crippen MR) is 198 cm³/mol. The van der Waals surface area contributed by atoms with E-state index in [4.69, 9.17) is 9.47 Å². The number of rotatable bonds is 34. The Hall–Kier alpha value is -0.810. The van der Waals surface area contributed by atoms with Crippen LogP contribution in [0.2, 0.25) is 0 Å². The molecule has 0 radical (unpaired) electrons. The summed E-state index contributed by atoms with van der Waals surface area (Å²) in [6, 6.07) is -0.707. The number of amides is 1. The van der Waals surface area contributed by atoms with Crippen molar-refractivity contribution in [2.45, 2.75) is 236 Å². The molecule has 1 amide bonds. The van der Waals surface area contributed by atoms with Crippen LogP contribution in [0.4, 0.5) is 0 Å². The van der Waals surface area contributed by atoms with Gasteiger partial charge in [-0.05, 0) is 12.8 Å². The number of carbonyl (C=O) groups excluding carboxylic acids is 1. The molecular weight excluding hydrogens is 622 g/mol. The number of aliphatic hydroxyl groups excluding tert-OH is 5. The van der Waals surface area contributed by atoms with Crippen molar-refractivity contribution in [1.82, 2.24) is 5.32 Å². The van der Waals surface area contributed by atoms with Crippen molar-refractivity contribution in [3.63, 3.8) is 0 Å². The quantitative estimate of drug-likeness (QED) is 0.0376. The lowest BCUT2D eigenvalue weighted by atomic mass is 9.99. The Labute approximate surface area is 300 Å². The zero-order chi connectivity index (χ0) is 36.0. The molecule has 9 nitrogen and oxygen atoms in total. The second-order valence-electron chi connectivity index (χ2n) is 14.8. The van der Waals surface area contributed by atoms with Gasteiger partial charge in [-0.3, -0.25) is 4.79 Å². The van der Waals surface area contributed by atoms with Gasteiger partial charge in [0.15, 0.2) is 6.29 Å². The van der Waals surface area contributed by atoms with E-state index < -0.39 is 49.5 Å². The number of hydrogen-bond donors (Lipinski definition) is 6. The molecule has 0 spiro atoms. The third-order valence-electron chi connectivity index (χ3n) is 10.2. The molecule has 0 aliphatic carbocycles. The average molecular weight is 702 g/mol. The molecule has 49 heavy (non-hydrogen) atoms. The van der Waals surface area contributed by atoms with E-state index in [1.807, 2.05) is 0 Å². The van der Waals surface area contributed by atoms with Crippen LogP contribution in [0.25, 0.3) is 0 Å². The minimum atomic E-state index is -1.54. The smallest absolute Gasteiger partial charge is 0.220 e. The molecule has 1 aliphatic rings. The van der Waals surface area contributed by atoms with Crippen LogP contribution in [-0.4, -0.2) is 87.5 Å². The SMILES string of the molecule is CCCCCCCCCCCCCCCCCCCCCCCCCC(O)C(COC1OC(CO)C(O)C(O)C1O)NC(=O)CCCCC. The van der Waals surface area contributed by atoms with Gasteiger partial charge in [0.05, 0.1) is 25.4 Å². The summed E-state index contributed by atoms with van der Waals surface area (Å²) >= 11 is 0. The van der Waals surface area contributed by atoms with Crippen molar-refractivity contribution < 1.29 is 39.8 Å². The van der Waals surface area contributed by atoms with E-state index in [2.05, 4.69) is 19.2 Å². The second kappa shape index (κ2) is 31.9. The van der Waals surface area contributed by atoms with Crippen molar-refractivity contribution in [1.29, 1.82) is 0 Å². The molecule has 1 saturated heterocycles. The molecule has 1 fully saturated rings. The molecule has 1 heterocycles. The minimum Gasteiger partial charge on any atom is -0.394 e. The molecule has 0 aromatic carbocycles. The molecule has 7 unspecified atom stereocenters. The highest BCUT2D eigenvalue weighted by Crippen LogP contribution is 2.23. The van der Waals surface area contributed by atoms with Gasteiger partial charge in [0.25, 0.3) is 0 Å². The number of hydrogen-bond acceptors (Lipinski definition) is 8. The maximum Gasteiger partial charge on any atom is 0.220 e. The third kappa shape index (κ3) is 23.4. The predicted octanol–water partition coefficient (Wildman–Crippen LogP) is 7.61. The lowest BCUT2D eigenvalue weighted by Gasteiger charge is -2.40. The Balaban J connectivity index is 2.12. The van der Waals surface area contributed by atoms with Crippen LogP contribution in [0.5, 0.6) is 0 Å². The average Bonchev–Trinajstić information content (AvgIpc) is 3.10. The van der Waals surface area contributed by atoms with Gasteiger partial charge in [0.1, 0.15) is 24.4 Å². The number of nitrogens with one attached hydrogen (secondary N) is 1. The van der Waals surface area contributed by atoms with Crippen molar-refractivity contribution in [3.8, 4) is 0 Å².